The largest absolute Gasteiger partial charge is 0.327 e. The van der Waals surface area contributed by atoms with Crippen LogP contribution in [0.25, 0.3) is 0 Å². The zero-order valence-electron chi connectivity index (χ0n) is 10.7. The first-order valence-corrected chi connectivity index (χ1v) is 7.05. The van der Waals surface area contributed by atoms with Crippen LogP contribution >= 0.6 is 11.6 Å². The Kier molecular flexibility index (Phi) is 3.54. The van der Waals surface area contributed by atoms with Gasteiger partial charge in [0.2, 0.25) is 0 Å². The molecule has 0 fully saturated rings. The lowest BCUT2D eigenvalue weighted by atomic mass is 9.92. The summed E-state index contributed by atoms with van der Waals surface area (Å²) in [6.07, 6.45) is 4.91. The summed E-state index contributed by atoms with van der Waals surface area (Å²) in [5.74, 6) is 0.371. The lowest BCUT2D eigenvalue weighted by molar-refractivity contribution is 0.517. The molecule has 2 unspecified atom stereocenters. The molecular weight excluding hydrogens is 256 g/mol. The maximum Gasteiger partial charge on any atom is 0.0482 e. The minimum absolute atomic E-state index is 0.106. The van der Waals surface area contributed by atoms with Crippen LogP contribution in [0.2, 0.25) is 5.02 Å². The molecule has 2 atom stereocenters. The molecule has 0 aliphatic heterocycles. The second-order valence-corrected chi connectivity index (χ2v) is 5.63. The molecule has 0 saturated heterocycles. The zero-order chi connectivity index (χ0) is 13.2. The van der Waals surface area contributed by atoms with Crippen LogP contribution in [0.4, 0.5) is 0 Å². The van der Waals surface area contributed by atoms with Gasteiger partial charge in [-0.15, -0.1) is 0 Å². The molecule has 1 aliphatic carbocycles. The van der Waals surface area contributed by atoms with E-state index in [1.807, 2.05) is 30.5 Å². The van der Waals surface area contributed by atoms with Gasteiger partial charge in [-0.3, -0.25) is 4.98 Å². The highest BCUT2D eigenvalue weighted by Gasteiger charge is 2.28. The summed E-state index contributed by atoms with van der Waals surface area (Å²) < 4.78 is 0. The first kappa shape index (κ1) is 12.6. The molecule has 0 radical (unpaired) electrons. The van der Waals surface area contributed by atoms with E-state index < -0.39 is 0 Å². The van der Waals surface area contributed by atoms with Gasteiger partial charge in [-0.2, -0.15) is 0 Å². The predicted octanol–water partition coefficient (Wildman–Crippen LogP) is 3.33. The van der Waals surface area contributed by atoms with Gasteiger partial charge >= 0.3 is 0 Å². The van der Waals surface area contributed by atoms with E-state index >= 15 is 0 Å². The lowest BCUT2D eigenvalue weighted by Gasteiger charge is -2.19. The minimum Gasteiger partial charge on any atom is -0.327 e. The molecule has 98 valence electrons. The van der Waals surface area contributed by atoms with Gasteiger partial charge in [0.05, 0.1) is 0 Å². The normalized spacial score (nSPS) is 19.2. The molecule has 3 rings (SSSR count). The van der Waals surface area contributed by atoms with E-state index in [0.717, 1.165) is 24.3 Å². The minimum atomic E-state index is 0.106. The summed E-state index contributed by atoms with van der Waals surface area (Å²) in [6.45, 7) is 0. The fourth-order valence-corrected chi connectivity index (χ4v) is 3.15. The van der Waals surface area contributed by atoms with Crippen LogP contribution in [0.15, 0.2) is 42.6 Å². The maximum atomic E-state index is 6.39. The number of hydrogen-bond acceptors (Lipinski definition) is 2. The topological polar surface area (TPSA) is 38.9 Å². The molecule has 0 bridgehead atoms. The molecule has 1 aliphatic rings. The van der Waals surface area contributed by atoms with Crippen LogP contribution in [0, 0.1) is 0 Å². The average molecular weight is 273 g/mol. The van der Waals surface area contributed by atoms with E-state index in [1.165, 1.54) is 16.8 Å². The molecule has 2 N–H and O–H groups in total. The third-order valence-corrected chi connectivity index (χ3v) is 4.11. The number of pyridine rings is 1. The van der Waals surface area contributed by atoms with Crippen molar-refractivity contribution in [1.82, 2.24) is 4.98 Å². The molecule has 0 saturated carbocycles. The van der Waals surface area contributed by atoms with Gasteiger partial charge in [-0.05, 0) is 48.6 Å². The Bertz CT molecular complexity index is 582. The number of halogens is 1. The summed E-state index contributed by atoms with van der Waals surface area (Å²) in [5, 5.41) is 0.773. The summed E-state index contributed by atoms with van der Waals surface area (Å²) in [7, 11) is 0. The van der Waals surface area contributed by atoms with Crippen LogP contribution in [0.5, 0.6) is 0 Å². The van der Waals surface area contributed by atoms with E-state index in [-0.39, 0.29) is 6.04 Å². The SMILES string of the molecule is NC(Cc1cccc(Cl)c1)C1CCc2cccnc21. The zero-order valence-corrected chi connectivity index (χ0v) is 11.5. The Labute approximate surface area is 118 Å². The van der Waals surface area contributed by atoms with Crippen LogP contribution in [0.1, 0.15) is 29.2 Å². The van der Waals surface area contributed by atoms with Gasteiger partial charge in [-0.1, -0.05) is 29.8 Å². The van der Waals surface area contributed by atoms with E-state index in [1.54, 1.807) is 0 Å². The van der Waals surface area contributed by atoms with Crippen LogP contribution in [0.3, 0.4) is 0 Å². The molecular formula is C16H17ClN2. The highest BCUT2D eigenvalue weighted by molar-refractivity contribution is 6.30. The van der Waals surface area contributed by atoms with Crippen molar-refractivity contribution in [2.24, 2.45) is 5.73 Å². The molecule has 0 spiro atoms. The molecule has 2 aromatic rings. The highest BCUT2D eigenvalue weighted by atomic mass is 35.5. The van der Waals surface area contributed by atoms with Crippen molar-refractivity contribution in [3.8, 4) is 0 Å². The Morgan fingerprint density at radius 1 is 1.32 bits per heavy atom. The molecule has 3 heteroatoms. The van der Waals surface area contributed by atoms with Crippen LogP contribution in [-0.4, -0.2) is 11.0 Å². The quantitative estimate of drug-likeness (QED) is 0.931. The van der Waals surface area contributed by atoms with Crippen molar-refractivity contribution in [3.05, 3.63) is 64.4 Å². The van der Waals surface area contributed by atoms with Crippen LogP contribution in [-0.2, 0) is 12.8 Å². The number of nitrogens with zero attached hydrogens (tertiary/aromatic N) is 1. The fourth-order valence-electron chi connectivity index (χ4n) is 2.94. The van der Waals surface area contributed by atoms with E-state index in [4.69, 9.17) is 17.3 Å². The van der Waals surface area contributed by atoms with Gasteiger partial charge in [-0.25, -0.2) is 0 Å². The highest BCUT2D eigenvalue weighted by Crippen LogP contribution is 2.34. The standard InChI is InChI=1S/C16H17ClN2/c17-13-5-1-3-11(9-13)10-15(18)14-7-6-12-4-2-8-19-16(12)14/h1-5,8-9,14-15H,6-7,10,18H2. The number of benzene rings is 1. The molecule has 1 heterocycles. The number of nitrogens with two attached hydrogens (primary N) is 1. The monoisotopic (exact) mass is 272 g/mol. The van der Waals surface area contributed by atoms with Gasteiger partial charge in [0.15, 0.2) is 0 Å². The molecule has 1 aromatic carbocycles. The number of aryl methyl sites for hydroxylation is 1. The van der Waals surface area contributed by atoms with E-state index in [0.29, 0.717) is 5.92 Å². The smallest absolute Gasteiger partial charge is 0.0482 e. The predicted molar refractivity (Wildman–Crippen MR) is 78.4 cm³/mol. The number of rotatable bonds is 3. The Hall–Kier alpha value is -1.38. The molecule has 2 nitrogen and oxygen atoms in total. The van der Waals surface area contributed by atoms with Gasteiger partial charge in [0, 0.05) is 28.9 Å². The van der Waals surface area contributed by atoms with Gasteiger partial charge in [0.25, 0.3) is 0 Å². The van der Waals surface area contributed by atoms with Crippen LogP contribution < -0.4 is 5.73 Å². The maximum absolute atomic E-state index is 6.39. The van der Waals surface area contributed by atoms with Crippen molar-refractivity contribution >= 4 is 11.6 Å². The lowest BCUT2D eigenvalue weighted by Crippen LogP contribution is -2.30. The third-order valence-electron chi connectivity index (χ3n) is 3.88. The molecule has 19 heavy (non-hydrogen) atoms. The van der Waals surface area contributed by atoms with E-state index in [9.17, 15) is 0 Å². The Morgan fingerprint density at radius 2 is 2.21 bits per heavy atom. The van der Waals surface area contributed by atoms with E-state index in [2.05, 4.69) is 17.1 Å². The fraction of sp³-hybridized carbons (Fsp3) is 0.312. The summed E-state index contributed by atoms with van der Waals surface area (Å²) >= 11 is 6.02. The summed E-state index contributed by atoms with van der Waals surface area (Å²) in [4.78, 5) is 4.51. The van der Waals surface area contributed by atoms with Gasteiger partial charge < -0.3 is 5.73 Å². The van der Waals surface area contributed by atoms with Crippen molar-refractivity contribution in [1.29, 1.82) is 0 Å². The van der Waals surface area contributed by atoms with Gasteiger partial charge in [0.1, 0.15) is 0 Å². The van der Waals surface area contributed by atoms with Crippen molar-refractivity contribution < 1.29 is 0 Å². The first-order chi connectivity index (χ1) is 9.24. The summed E-state index contributed by atoms with van der Waals surface area (Å²) in [6, 6.07) is 12.2. The Morgan fingerprint density at radius 3 is 3.05 bits per heavy atom. The molecule has 1 aromatic heterocycles. The van der Waals surface area contributed by atoms with Crippen molar-refractivity contribution in [2.75, 3.05) is 0 Å². The number of hydrogen-bond donors (Lipinski definition) is 1. The number of aromatic nitrogens is 1. The first-order valence-electron chi connectivity index (χ1n) is 6.68. The third kappa shape index (κ3) is 2.65. The number of fused-ring (bicyclic) bond motifs is 1. The Balaban J connectivity index is 1.77. The average Bonchev–Trinajstić information content (AvgIpc) is 2.82. The summed E-state index contributed by atoms with van der Waals surface area (Å²) in [5.41, 5.74) is 10.1. The van der Waals surface area contributed by atoms with Crippen molar-refractivity contribution in [2.45, 2.75) is 31.2 Å². The molecule has 0 amide bonds. The second kappa shape index (κ2) is 5.32. The van der Waals surface area contributed by atoms with Crippen molar-refractivity contribution in [3.63, 3.8) is 0 Å². The second-order valence-electron chi connectivity index (χ2n) is 5.19.